The van der Waals surface area contributed by atoms with Crippen LogP contribution < -0.4 is 5.32 Å². The van der Waals surface area contributed by atoms with Crippen molar-refractivity contribution >= 4 is 34.5 Å². The van der Waals surface area contributed by atoms with Gasteiger partial charge in [0.1, 0.15) is 0 Å². The lowest BCUT2D eigenvalue weighted by Crippen LogP contribution is -2.25. The number of aliphatic carboxylic acids is 1. The zero-order valence-corrected chi connectivity index (χ0v) is 10.4. The van der Waals surface area contributed by atoms with E-state index in [2.05, 4.69) is 5.32 Å². The number of unbranched alkanes of at least 4 members (excludes halogenated alkanes) is 1. The fourth-order valence-corrected chi connectivity index (χ4v) is 1.24. The fourth-order valence-electron chi connectivity index (χ4n) is 0.974. The van der Waals surface area contributed by atoms with Crippen LogP contribution in [0.3, 0.4) is 0 Å². The number of hydrogen-bond acceptors (Lipinski definition) is 2. The van der Waals surface area contributed by atoms with Gasteiger partial charge < -0.3 is 10.4 Å². The van der Waals surface area contributed by atoms with E-state index in [4.69, 9.17) is 5.11 Å². The molecule has 1 unspecified atom stereocenters. The Bertz CT molecular complexity index is 196. The summed E-state index contributed by atoms with van der Waals surface area (Å²) in [6.45, 7) is 2.35. The molecule has 0 aromatic heterocycles. The minimum absolute atomic E-state index is 0.0388. The van der Waals surface area contributed by atoms with Gasteiger partial charge in [-0.3, -0.25) is 9.59 Å². The van der Waals surface area contributed by atoms with Crippen LogP contribution >= 0.6 is 22.6 Å². The van der Waals surface area contributed by atoms with Gasteiger partial charge in [0, 0.05) is 6.54 Å². The molecular weight excluding hydrogens is 297 g/mol. The summed E-state index contributed by atoms with van der Waals surface area (Å²) in [7, 11) is 0. The molecule has 0 saturated heterocycles. The van der Waals surface area contributed by atoms with Crippen molar-refractivity contribution < 1.29 is 14.7 Å². The maximum absolute atomic E-state index is 10.8. The standard InChI is InChI=1S/C9H16INO3/c1-7(9(13)14)4-2-3-5-11-8(12)6-10/h7H,2-6H2,1H3,(H,11,12)(H,13,14). The highest BCUT2D eigenvalue weighted by molar-refractivity contribution is 14.1. The number of amides is 1. The molecule has 2 N–H and O–H groups in total. The molecule has 0 radical (unpaired) electrons. The van der Waals surface area contributed by atoms with Crippen molar-refractivity contribution in [3.63, 3.8) is 0 Å². The van der Waals surface area contributed by atoms with Gasteiger partial charge in [0.25, 0.3) is 0 Å². The van der Waals surface area contributed by atoms with E-state index in [-0.39, 0.29) is 11.8 Å². The van der Waals surface area contributed by atoms with Crippen molar-refractivity contribution in [2.24, 2.45) is 5.92 Å². The van der Waals surface area contributed by atoms with Gasteiger partial charge in [-0.1, -0.05) is 35.9 Å². The van der Waals surface area contributed by atoms with Crippen LogP contribution in [0.1, 0.15) is 26.2 Å². The van der Waals surface area contributed by atoms with Crippen LogP contribution in [0.15, 0.2) is 0 Å². The van der Waals surface area contributed by atoms with Crippen LogP contribution in [0.4, 0.5) is 0 Å². The molecule has 14 heavy (non-hydrogen) atoms. The number of carboxylic acid groups (broad SMARTS) is 1. The quantitative estimate of drug-likeness (QED) is 0.424. The molecule has 82 valence electrons. The van der Waals surface area contributed by atoms with Gasteiger partial charge in [0.2, 0.25) is 5.91 Å². The summed E-state index contributed by atoms with van der Waals surface area (Å²) in [5.74, 6) is -0.992. The highest BCUT2D eigenvalue weighted by Crippen LogP contribution is 2.06. The van der Waals surface area contributed by atoms with Crippen molar-refractivity contribution in [3.8, 4) is 0 Å². The van der Waals surface area contributed by atoms with E-state index < -0.39 is 5.97 Å². The Morgan fingerprint density at radius 1 is 1.43 bits per heavy atom. The van der Waals surface area contributed by atoms with Gasteiger partial charge >= 0.3 is 5.97 Å². The molecule has 0 aliphatic heterocycles. The zero-order valence-electron chi connectivity index (χ0n) is 8.25. The normalized spacial score (nSPS) is 12.1. The number of halogens is 1. The molecule has 1 atom stereocenters. The fraction of sp³-hybridized carbons (Fsp3) is 0.778. The molecule has 0 saturated carbocycles. The molecule has 1 amide bonds. The molecule has 0 aromatic rings. The number of carbonyl (C=O) groups excluding carboxylic acids is 1. The molecule has 0 aromatic carbocycles. The molecule has 4 nitrogen and oxygen atoms in total. The zero-order chi connectivity index (χ0) is 11.0. The molecular formula is C9H16INO3. The van der Waals surface area contributed by atoms with Gasteiger partial charge in [0.05, 0.1) is 10.3 Å². The lowest BCUT2D eigenvalue weighted by atomic mass is 10.0. The van der Waals surface area contributed by atoms with Gasteiger partial charge in [-0.15, -0.1) is 0 Å². The van der Waals surface area contributed by atoms with Crippen LogP contribution in [0.5, 0.6) is 0 Å². The van der Waals surface area contributed by atoms with Crippen LogP contribution in [0.25, 0.3) is 0 Å². The summed E-state index contributed by atoms with van der Waals surface area (Å²) >= 11 is 2.00. The molecule has 0 aliphatic rings. The predicted molar refractivity (Wildman–Crippen MR) is 62.5 cm³/mol. The molecule has 0 fully saturated rings. The Morgan fingerprint density at radius 3 is 2.57 bits per heavy atom. The minimum Gasteiger partial charge on any atom is -0.481 e. The van der Waals surface area contributed by atoms with E-state index in [0.29, 0.717) is 17.4 Å². The summed E-state index contributed by atoms with van der Waals surface area (Å²) in [4.78, 5) is 21.3. The third-order valence-corrected chi connectivity index (χ3v) is 2.62. The molecule has 0 aliphatic carbocycles. The topological polar surface area (TPSA) is 66.4 Å². The first-order valence-electron chi connectivity index (χ1n) is 4.63. The first-order valence-corrected chi connectivity index (χ1v) is 6.16. The van der Waals surface area contributed by atoms with E-state index in [1.807, 2.05) is 22.6 Å². The summed E-state index contributed by atoms with van der Waals surface area (Å²) in [5.41, 5.74) is 0. The molecule has 5 heteroatoms. The molecule has 0 rings (SSSR count). The Hall–Kier alpha value is -0.330. The second kappa shape index (κ2) is 8.02. The van der Waals surface area contributed by atoms with Crippen LogP contribution in [0, 0.1) is 5.92 Å². The van der Waals surface area contributed by atoms with E-state index in [1.54, 1.807) is 6.92 Å². The largest absolute Gasteiger partial charge is 0.481 e. The average Bonchev–Trinajstić information content (AvgIpc) is 2.16. The maximum atomic E-state index is 10.8. The molecule has 0 bridgehead atoms. The van der Waals surface area contributed by atoms with E-state index >= 15 is 0 Å². The summed E-state index contributed by atoms with van der Waals surface area (Å²) in [5, 5.41) is 11.3. The van der Waals surface area contributed by atoms with Crippen molar-refractivity contribution in [2.45, 2.75) is 26.2 Å². The minimum atomic E-state index is -0.749. The van der Waals surface area contributed by atoms with Gasteiger partial charge in [-0.25, -0.2) is 0 Å². The van der Waals surface area contributed by atoms with Crippen molar-refractivity contribution in [2.75, 3.05) is 11.0 Å². The number of carbonyl (C=O) groups is 2. The first-order chi connectivity index (χ1) is 6.57. The van der Waals surface area contributed by atoms with Crippen LogP contribution in [0.2, 0.25) is 0 Å². The second-order valence-corrected chi connectivity index (χ2v) is 3.98. The Kier molecular flexibility index (Phi) is 7.83. The highest BCUT2D eigenvalue weighted by atomic mass is 127. The highest BCUT2D eigenvalue weighted by Gasteiger charge is 2.09. The number of carboxylic acids is 1. The van der Waals surface area contributed by atoms with Crippen molar-refractivity contribution in [1.29, 1.82) is 0 Å². The lowest BCUT2D eigenvalue weighted by Gasteiger charge is -2.06. The van der Waals surface area contributed by atoms with Crippen LogP contribution in [-0.2, 0) is 9.59 Å². The van der Waals surface area contributed by atoms with Crippen molar-refractivity contribution in [3.05, 3.63) is 0 Å². The number of rotatable bonds is 7. The number of nitrogens with one attached hydrogen (secondary N) is 1. The summed E-state index contributed by atoms with van der Waals surface area (Å²) in [6, 6.07) is 0. The SMILES string of the molecule is CC(CCCCNC(=O)CI)C(=O)O. The van der Waals surface area contributed by atoms with Gasteiger partial charge in [-0.2, -0.15) is 0 Å². The maximum Gasteiger partial charge on any atom is 0.306 e. The Balaban J connectivity index is 3.30. The molecule has 0 heterocycles. The van der Waals surface area contributed by atoms with E-state index in [9.17, 15) is 9.59 Å². The third kappa shape index (κ3) is 7.11. The average molecular weight is 313 g/mol. The smallest absolute Gasteiger partial charge is 0.306 e. The van der Waals surface area contributed by atoms with Crippen molar-refractivity contribution in [1.82, 2.24) is 5.32 Å². The van der Waals surface area contributed by atoms with E-state index in [0.717, 1.165) is 12.8 Å². The van der Waals surface area contributed by atoms with E-state index in [1.165, 1.54) is 0 Å². The van der Waals surface area contributed by atoms with Crippen LogP contribution in [-0.4, -0.2) is 28.0 Å². The third-order valence-electron chi connectivity index (χ3n) is 1.93. The molecule has 0 spiro atoms. The second-order valence-electron chi connectivity index (χ2n) is 3.22. The predicted octanol–water partition coefficient (Wildman–Crippen LogP) is 1.43. The first kappa shape index (κ1) is 13.7. The Labute approximate surface area is 97.6 Å². The number of hydrogen-bond donors (Lipinski definition) is 2. The Morgan fingerprint density at radius 2 is 2.07 bits per heavy atom. The lowest BCUT2D eigenvalue weighted by molar-refractivity contribution is -0.141. The summed E-state index contributed by atoms with van der Waals surface area (Å²) < 4.78 is 0.475. The summed E-state index contributed by atoms with van der Waals surface area (Å²) in [6.07, 6.45) is 2.37. The monoisotopic (exact) mass is 313 g/mol. The number of alkyl halides is 1. The van der Waals surface area contributed by atoms with Gasteiger partial charge in [-0.05, 0) is 12.8 Å². The van der Waals surface area contributed by atoms with Gasteiger partial charge in [0.15, 0.2) is 0 Å².